The van der Waals surface area contributed by atoms with E-state index in [1.54, 1.807) is 0 Å². The fourth-order valence-electron chi connectivity index (χ4n) is 9.61. The normalized spacial score (nSPS) is 12.1. The van der Waals surface area contributed by atoms with Crippen molar-refractivity contribution in [3.05, 3.63) is 194 Å². The van der Waals surface area contributed by atoms with Crippen molar-refractivity contribution < 1.29 is 8.83 Å². The molecule has 3 aromatic heterocycles. The van der Waals surface area contributed by atoms with Gasteiger partial charge < -0.3 is 8.83 Å². The first kappa shape index (κ1) is 32.6. The molecular weight excluding hydrogens is 737 g/mol. The summed E-state index contributed by atoms with van der Waals surface area (Å²) < 4.78 is 16.1. The molecule has 0 radical (unpaired) electrons. The van der Waals surface area contributed by atoms with E-state index < -0.39 is 0 Å². The number of hydrogen-bond donors (Lipinski definition) is 0. The number of benzene rings is 10. The van der Waals surface area contributed by atoms with Gasteiger partial charge in [0.1, 0.15) is 22.5 Å². The summed E-state index contributed by atoms with van der Waals surface area (Å²) in [5.74, 6) is 0.878. The van der Waals surface area contributed by atoms with Crippen LogP contribution in [0, 0.1) is 0 Å². The summed E-state index contributed by atoms with van der Waals surface area (Å²) in [5, 5.41) is 13.0. The minimum atomic E-state index is 0.878. The lowest BCUT2D eigenvalue weighted by Crippen LogP contribution is -1.92. The average Bonchev–Trinajstić information content (AvgIpc) is 3.98. The van der Waals surface area contributed by atoms with E-state index in [4.69, 9.17) is 8.83 Å². The molecule has 0 amide bonds. The molecule has 0 saturated carbocycles. The van der Waals surface area contributed by atoms with Crippen molar-refractivity contribution in [1.29, 1.82) is 0 Å². The lowest BCUT2D eigenvalue weighted by molar-refractivity contribution is 0.633. The van der Waals surface area contributed by atoms with Crippen LogP contribution < -0.4 is 0 Å². The van der Waals surface area contributed by atoms with Crippen molar-refractivity contribution in [2.24, 2.45) is 0 Å². The zero-order chi connectivity index (χ0) is 38.6. The van der Waals surface area contributed by atoms with Gasteiger partial charge in [0.25, 0.3) is 0 Å². The molecule has 13 rings (SSSR count). The lowest BCUT2D eigenvalue weighted by atomic mass is 9.84. The predicted octanol–water partition coefficient (Wildman–Crippen LogP) is 16.8. The second-order valence-electron chi connectivity index (χ2n) is 15.5. The molecule has 0 fully saturated rings. The van der Waals surface area contributed by atoms with Gasteiger partial charge in [-0.25, -0.2) is 0 Å². The largest absolute Gasteiger partial charge is 0.455 e. The fraction of sp³-hybridized carbons (Fsp3) is 0. The molecule has 274 valence electrons. The molecule has 3 heteroatoms. The molecule has 3 heterocycles. The van der Waals surface area contributed by atoms with E-state index in [0.717, 1.165) is 66.1 Å². The van der Waals surface area contributed by atoms with Crippen LogP contribution in [0.4, 0.5) is 0 Å². The van der Waals surface area contributed by atoms with Crippen LogP contribution in [0.2, 0.25) is 0 Å². The first-order valence-electron chi connectivity index (χ1n) is 20.1. The Bertz CT molecular complexity index is 3790. The molecule has 0 aliphatic carbocycles. The molecule has 0 spiro atoms. The Labute approximate surface area is 342 Å². The maximum atomic E-state index is 7.15. The highest BCUT2D eigenvalue weighted by Crippen LogP contribution is 2.51. The summed E-state index contributed by atoms with van der Waals surface area (Å²) in [4.78, 5) is 0. The molecule has 59 heavy (non-hydrogen) atoms. The molecule has 2 nitrogen and oxygen atoms in total. The van der Waals surface area contributed by atoms with Crippen molar-refractivity contribution >= 4 is 96.7 Å². The molecule has 0 N–H and O–H groups in total. The Morgan fingerprint density at radius 3 is 1.73 bits per heavy atom. The van der Waals surface area contributed by atoms with Gasteiger partial charge in [-0.15, -0.1) is 11.3 Å². The quantitative estimate of drug-likeness (QED) is 0.167. The molecule has 0 atom stereocenters. The molecule has 0 bridgehead atoms. The zero-order valence-electron chi connectivity index (χ0n) is 31.7. The van der Waals surface area contributed by atoms with Crippen molar-refractivity contribution in [3.8, 4) is 44.7 Å². The molecular formula is C56H32O2S. The summed E-state index contributed by atoms with van der Waals surface area (Å²) >= 11 is 1.82. The van der Waals surface area contributed by atoms with Crippen LogP contribution in [-0.4, -0.2) is 0 Å². The summed E-state index contributed by atoms with van der Waals surface area (Å²) in [6.45, 7) is 0. The third kappa shape index (κ3) is 4.86. The van der Waals surface area contributed by atoms with Gasteiger partial charge in [-0.2, -0.15) is 0 Å². The van der Waals surface area contributed by atoms with Gasteiger partial charge in [0, 0.05) is 58.4 Å². The van der Waals surface area contributed by atoms with E-state index in [0.29, 0.717) is 0 Å². The Morgan fingerprint density at radius 2 is 0.932 bits per heavy atom. The van der Waals surface area contributed by atoms with E-state index in [9.17, 15) is 0 Å². The Balaban J connectivity index is 1.11. The summed E-state index contributed by atoms with van der Waals surface area (Å²) in [7, 11) is 0. The summed E-state index contributed by atoms with van der Waals surface area (Å²) in [6.07, 6.45) is 0. The number of hydrogen-bond acceptors (Lipinski definition) is 3. The van der Waals surface area contributed by atoms with Crippen LogP contribution in [0.1, 0.15) is 0 Å². The van der Waals surface area contributed by atoms with Crippen LogP contribution in [0.25, 0.3) is 130 Å². The van der Waals surface area contributed by atoms with Crippen molar-refractivity contribution in [2.45, 2.75) is 0 Å². The van der Waals surface area contributed by atoms with Crippen molar-refractivity contribution in [1.82, 2.24) is 0 Å². The highest BCUT2D eigenvalue weighted by Gasteiger charge is 2.25. The van der Waals surface area contributed by atoms with E-state index in [2.05, 4.69) is 188 Å². The average molecular weight is 769 g/mol. The Hall–Kier alpha value is -7.46. The van der Waals surface area contributed by atoms with Crippen LogP contribution >= 0.6 is 11.3 Å². The topological polar surface area (TPSA) is 26.3 Å². The maximum Gasteiger partial charge on any atom is 0.143 e. The molecule has 0 aliphatic heterocycles. The van der Waals surface area contributed by atoms with Crippen molar-refractivity contribution in [3.63, 3.8) is 0 Å². The van der Waals surface area contributed by atoms with Gasteiger partial charge in [0.05, 0.1) is 0 Å². The van der Waals surface area contributed by atoms with E-state index >= 15 is 0 Å². The third-order valence-electron chi connectivity index (χ3n) is 12.2. The second kappa shape index (κ2) is 12.5. The predicted molar refractivity (Wildman–Crippen MR) is 251 cm³/mol. The number of fused-ring (bicyclic) bond motifs is 11. The Kier molecular flexibility index (Phi) is 6.92. The Morgan fingerprint density at radius 1 is 0.288 bits per heavy atom. The minimum absolute atomic E-state index is 0.878. The van der Waals surface area contributed by atoms with Crippen LogP contribution in [0.15, 0.2) is 203 Å². The SMILES string of the molecule is c1ccc(-c2cccc(-c3oc4cc5sc6ccccc6c5cc4c3-c3c4ccccc4c(-c4ccc5c(ccc6c7ccccc7oc56)c4)c4ccccc34)c2)cc1. The van der Waals surface area contributed by atoms with Gasteiger partial charge in [0.15, 0.2) is 0 Å². The number of furan rings is 2. The molecule has 13 aromatic rings. The van der Waals surface area contributed by atoms with Crippen molar-refractivity contribution in [2.75, 3.05) is 0 Å². The number of thiophene rings is 1. The van der Waals surface area contributed by atoms with Gasteiger partial charge >= 0.3 is 0 Å². The highest BCUT2D eigenvalue weighted by molar-refractivity contribution is 7.25. The summed E-state index contributed by atoms with van der Waals surface area (Å²) in [5.41, 5.74) is 10.8. The first-order valence-corrected chi connectivity index (χ1v) is 20.9. The van der Waals surface area contributed by atoms with Gasteiger partial charge in [0.2, 0.25) is 0 Å². The monoisotopic (exact) mass is 768 g/mol. The van der Waals surface area contributed by atoms with Crippen LogP contribution in [-0.2, 0) is 0 Å². The third-order valence-corrected chi connectivity index (χ3v) is 13.4. The lowest BCUT2D eigenvalue weighted by Gasteiger charge is -2.18. The van der Waals surface area contributed by atoms with Crippen LogP contribution in [0.3, 0.4) is 0 Å². The zero-order valence-corrected chi connectivity index (χ0v) is 32.5. The molecule has 0 unspecified atom stereocenters. The number of rotatable bonds is 4. The van der Waals surface area contributed by atoms with E-state index in [1.807, 2.05) is 17.4 Å². The molecule has 0 saturated heterocycles. The maximum absolute atomic E-state index is 7.15. The smallest absolute Gasteiger partial charge is 0.143 e. The van der Waals surface area contributed by atoms with Gasteiger partial charge in [-0.3, -0.25) is 0 Å². The minimum Gasteiger partial charge on any atom is -0.455 e. The van der Waals surface area contributed by atoms with E-state index in [-0.39, 0.29) is 0 Å². The van der Waals surface area contributed by atoms with Crippen LogP contribution in [0.5, 0.6) is 0 Å². The number of para-hydroxylation sites is 1. The van der Waals surface area contributed by atoms with Gasteiger partial charge in [-0.05, 0) is 97.7 Å². The van der Waals surface area contributed by atoms with Gasteiger partial charge in [-0.1, -0.05) is 146 Å². The van der Waals surface area contributed by atoms with E-state index in [1.165, 1.54) is 64.0 Å². The standard InChI is InChI=1S/C56H32O2S/c1-2-13-33(14-3-1)34-15-12-16-37(29-34)55-54(47-31-46-40-18-9-11-24-50(40)59-51(46)32-49(47)58-55)53-43-21-6-4-19-41(43)52(42-20-5-7-22-44(42)53)36-26-27-38-35(30-36)25-28-45-39-17-8-10-23-48(39)57-56(38)45/h1-32H. The summed E-state index contributed by atoms with van der Waals surface area (Å²) in [6, 6.07) is 70.2. The second-order valence-corrected chi connectivity index (χ2v) is 16.6. The first-order chi connectivity index (χ1) is 29.2. The fourth-order valence-corrected chi connectivity index (χ4v) is 10.7. The molecule has 0 aliphatic rings. The molecule has 10 aromatic carbocycles. The highest BCUT2D eigenvalue weighted by atomic mass is 32.1.